The van der Waals surface area contributed by atoms with E-state index in [4.69, 9.17) is 0 Å². The molecule has 2 atom stereocenters. The van der Waals surface area contributed by atoms with Crippen molar-refractivity contribution in [3.63, 3.8) is 0 Å². The van der Waals surface area contributed by atoms with Crippen LogP contribution < -0.4 is 10.6 Å². The van der Waals surface area contributed by atoms with E-state index in [2.05, 4.69) is 10.6 Å². The van der Waals surface area contributed by atoms with Gasteiger partial charge < -0.3 is 10.4 Å². The molecule has 0 radical (unpaired) electrons. The van der Waals surface area contributed by atoms with Crippen LogP contribution in [0, 0.1) is 5.82 Å². The van der Waals surface area contributed by atoms with Gasteiger partial charge in [-0.3, -0.25) is 10.1 Å². The zero-order valence-electron chi connectivity index (χ0n) is 11.4. The molecule has 2 aromatic carbocycles. The smallest absolute Gasteiger partial charge is 0.322 e. The molecule has 5 nitrogen and oxygen atoms in total. The minimum atomic E-state index is -1.13. The van der Waals surface area contributed by atoms with E-state index in [1.165, 1.54) is 12.1 Å². The molecule has 0 saturated carbocycles. The maximum atomic E-state index is 12.9. The molecule has 1 fully saturated rings. The van der Waals surface area contributed by atoms with E-state index in [1.807, 2.05) is 0 Å². The second-order valence-electron chi connectivity index (χ2n) is 5.01. The SMILES string of the molecule is O=C1NC(=O)C(C(O)c2ccc(-c3ccc(F)cc3)cc2)N1. The van der Waals surface area contributed by atoms with Crippen LogP contribution in [0.1, 0.15) is 11.7 Å². The standard InChI is InChI=1S/C16H13FN2O3/c17-12-7-5-10(6-8-12)9-1-3-11(4-2-9)14(20)13-15(21)19-16(22)18-13/h1-8,13-14,20H,(H2,18,19,21,22). The first kappa shape index (κ1) is 14.2. The Labute approximate surface area is 125 Å². The number of benzene rings is 2. The highest BCUT2D eigenvalue weighted by Crippen LogP contribution is 2.24. The van der Waals surface area contributed by atoms with Crippen LogP contribution in [-0.4, -0.2) is 23.1 Å². The van der Waals surface area contributed by atoms with Gasteiger partial charge in [0.2, 0.25) is 0 Å². The van der Waals surface area contributed by atoms with Crippen LogP contribution in [0.3, 0.4) is 0 Å². The van der Waals surface area contributed by atoms with Crippen LogP contribution in [0.2, 0.25) is 0 Å². The number of imide groups is 1. The average molecular weight is 300 g/mol. The van der Waals surface area contributed by atoms with Gasteiger partial charge in [0, 0.05) is 0 Å². The predicted molar refractivity (Wildman–Crippen MR) is 77.3 cm³/mol. The summed E-state index contributed by atoms with van der Waals surface area (Å²) in [5.41, 5.74) is 2.21. The summed E-state index contributed by atoms with van der Waals surface area (Å²) in [6, 6.07) is 11.3. The van der Waals surface area contributed by atoms with Crippen LogP contribution in [0.25, 0.3) is 11.1 Å². The maximum absolute atomic E-state index is 12.9. The van der Waals surface area contributed by atoms with Gasteiger partial charge in [-0.2, -0.15) is 0 Å². The maximum Gasteiger partial charge on any atom is 0.322 e. The molecule has 1 aliphatic heterocycles. The van der Waals surface area contributed by atoms with E-state index < -0.39 is 24.1 Å². The van der Waals surface area contributed by atoms with Crippen molar-refractivity contribution >= 4 is 11.9 Å². The fourth-order valence-corrected chi connectivity index (χ4v) is 2.36. The Bertz CT molecular complexity index is 713. The first-order valence-electron chi connectivity index (χ1n) is 6.70. The van der Waals surface area contributed by atoms with Crippen molar-refractivity contribution in [1.82, 2.24) is 10.6 Å². The van der Waals surface area contributed by atoms with E-state index in [0.717, 1.165) is 11.1 Å². The Hall–Kier alpha value is -2.73. The zero-order valence-corrected chi connectivity index (χ0v) is 11.4. The molecule has 1 saturated heterocycles. The summed E-state index contributed by atoms with van der Waals surface area (Å²) >= 11 is 0. The topological polar surface area (TPSA) is 78.4 Å². The number of urea groups is 1. The Morgan fingerprint density at radius 2 is 1.50 bits per heavy atom. The highest BCUT2D eigenvalue weighted by molar-refractivity contribution is 6.04. The molecule has 0 bridgehead atoms. The quantitative estimate of drug-likeness (QED) is 0.755. The lowest BCUT2D eigenvalue weighted by molar-refractivity contribution is -0.122. The third-order valence-electron chi connectivity index (χ3n) is 3.55. The molecule has 1 aliphatic rings. The number of halogens is 1. The number of carbonyl (C=O) groups excluding carboxylic acids is 2. The second-order valence-corrected chi connectivity index (χ2v) is 5.01. The molecule has 3 N–H and O–H groups in total. The first-order chi connectivity index (χ1) is 10.5. The highest BCUT2D eigenvalue weighted by atomic mass is 19.1. The normalized spacial score (nSPS) is 18.7. The Morgan fingerprint density at radius 1 is 0.955 bits per heavy atom. The van der Waals surface area contributed by atoms with Gasteiger partial charge in [0.15, 0.2) is 0 Å². The number of rotatable bonds is 3. The van der Waals surface area contributed by atoms with Gasteiger partial charge in [-0.25, -0.2) is 9.18 Å². The van der Waals surface area contributed by atoms with Crippen LogP contribution in [-0.2, 0) is 4.79 Å². The number of hydrogen-bond donors (Lipinski definition) is 3. The molecule has 2 unspecified atom stereocenters. The minimum Gasteiger partial charge on any atom is -0.386 e. The number of aliphatic hydroxyl groups excluding tert-OH is 1. The molecule has 3 amide bonds. The van der Waals surface area contributed by atoms with E-state index in [1.54, 1.807) is 36.4 Å². The third-order valence-corrected chi connectivity index (χ3v) is 3.55. The Kier molecular flexibility index (Phi) is 3.60. The van der Waals surface area contributed by atoms with Crippen molar-refractivity contribution in [1.29, 1.82) is 0 Å². The molecular formula is C16H13FN2O3. The summed E-state index contributed by atoms with van der Waals surface area (Å²) in [6.45, 7) is 0. The van der Waals surface area contributed by atoms with Gasteiger partial charge in [-0.15, -0.1) is 0 Å². The Morgan fingerprint density at radius 3 is 2.00 bits per heavy atom. The molecular weight excluding hydrogens is 287 g/mol. The van der Waals surface area contributed by atoms with Gasteiger partial charge in [-0.1, -0.05) is 36.4 Å². The lowest BCUT2D eigenvalue weighted by atomic mass is 9.98. The van der Waals surface area contributed by atoms with E-state index >= 15 is 0 Å². The summed E-state index contributed by atoms with van der Waals surface area (Å²) in [6.07, 6.45) is -1.13. The molecule has 0 spiro atoms. The van der Waals surface area contributed by atoms with Crippen molar-refractivity contribution in [3.8, 4) is 11.1 Å². The van der Waals surface area contributed by atoms with Crippen molar-refractivity contribution in [3.05, 3.63) is 59.9 Å². The predicted octanol–water partition coefficient (Wildman–Crippen LogP) is 1.73. The number of carbonyl (C=O) groups is 2. The third kappa shape index (κ3) is 2.68. The number of nitrogens with one attached hydrogen (secondary N) is 2. The summed E-state index contributed by atoms with van der Waals surface area (Å²) < 4.78 is 12.9. The minimum absolute atomic E-state index is 0.307. The summed E-state index contributed by atoms with van der Waals surface area (Å²) in [5.74, 6) is -0.862. The van der Waals surface area contributed by atoms with Crippen LogP contribution >= 0.6 is 0 Å². The summed E-state index contributed by atoms with van der Waals surface area (Å²) in [7, 11) is 0. The van der Waals surface area contributed by atoms with Gasteiger partial charge in [0.25, 0.3) is 5.91 Å². The van der Waals surface area contributed by atoms with Crippen molar-refractivity contribution in [2.75, 3.05) is 0 Å². The monoisotopic (exact) mass is 300 g/mol. The molecule has 6 heteroatoms. The molecule has 0 aliphatic carbocycles. The molecule has 3 rings (SSSR count). The van der Waals surface area contributed by atoms with Crippen LogP contribution in [0.4, 0.5) is 9.18 Å². The molecule has 22 heavy (non-hydrogen) atoms. The lowest BCUT2D eigenvalue weighted by Gasteiger charge is -2.16. The number of hydrogen-bond acceptors (Lipinski definition) is 3. The molecule has 0 aromatic heterocycles. The number of aliphatic hydroxyl groups is 1. The first-order valence-corrected chi connectivity index (χ1v) is 6.70. The van der Waals surface area contributed by atoms with Gasteiger partial charge >= 0.3 is 6.03 Å². The fourth-order valence-electron chi connectivity index (χ4n) is 2.36. The van der Waals surface area contributed by atoms with E-state index in [-0.39, 0.29) is 5.82 Å². The second kappa shape index (κ2) is 5.57. The van der Waals surface area contributed by atoms with Crippen molar-refractivity contribution < 1.29 is 19.1 Å². The average Bonchev–Trinajstić information content (AvgIpc) is 2.86. The lowest BCUT2D eigenvalue weighted by Crippen LogP contribution is -2.35. The largest absolute Gasteiger partial charge is 0.386 e. The van der Waals surface area contributed by atoms with Crippen molar-refractivity contribution in [2.45, 2.75) is 12.1 Å². The highest BCUT2D eigenvalue weighted by Gasteiger charge is 2.35. The van der Waals surface area contributed by atoms with Crippen molar-refractivity contribution in [2.24, 2.45) is 0 Å². The van der Waals surface area contributed by atoms with E-state index in [9.17, 15) is 19.1 Å². The number of amides is 3. The Balaban J connectivity index is 1.80. The van der Waals surface area contributed by atoms with Crippen LogP contribution in [0.5, 0.6) is 0 Å². The van der Waals surface area contributed by atoms with Gasteiger partial charge in [0.05, 0.1) is 0 Å². The fraction of sp³-hybridized carbons (Fsp3) is 0.125. The zero-order chi connectivity index (χ0) is 15.7. The van der Waals surface area contributed by atoms with Gasteiger partial charge in [0.1, 0.15) is 18.0 Å². The molecule has 2 aromatic rings. The van der Waals surface area contributed by atoms with Gasteiger partial charge in [-0.05, 0) is 28.8 Å². The molecule has 1 heterocycles. The summed E-state index contributed by atoms with van der Waals surface area (Å²) in [4.78, 5) is 22.6. The molecule has 112 valence electrons. The summed E-state index contributed by atoms with van der Waals surface area (Å²) in [5, 5.41) is 14.6. The van der Waals surface area contributed by atoms with E-state index in [0.29, 0.717) is 5.56 Å². The van der Waals surface area contributed by atoms with Crippen LogP contribution in [0.15, 0.2) is 48.5 Å².